The van der Waals surface area contributed by atoms with Gasteiger partial charge in [-0.2, -0.15) is 0 Å². The number of rotatable bonds is 26. The molecule has 0 radical (unpaired) electrons. The molecule has 3 heterocycles. The Labute approximate surface area is 421 Å². The first-order valence-corrected chi connectivity index (χ1v) is 24.9. The topological polar surface area (TPSA) is 135 Å². The number of hydrogen-bond acceptors (Lipinski definition) is 10. The molecule has 7 atom stereocenters. The highest BCUT2D eigenvalue weighted by atomic mass is 19.1. The molecule has 5 aromatic carbocycles. The van der Waals surface area contributed by atoms with Gasteiger partial charge in [-0.25, -0.2) is 4.39 Å². The number of hydrogen-bond donors (Lipinski definition) is 1. The minimum Gasteiger partial charge on any atom is -0.374 e. The Morgan fingerprint density at radius 3 is 1.64 bits per heavy atom. The summed E-state index contributed by atoms with van der Waals surface area (Å²) < 4.78 is 56.9. The Morgan fingerprint density at radius 2 is 1.10 bits per heavy atom. The third kappa shape index (κ3) is 13.7. The molecule has 13 heteroatoms. The van der Waals surface area contributed by atoms with Crippen LogP contribution in [0, 0.1) is 0 Å². The summed E-state index contributed by atoms with van der Waals surface area (Å²) in [6.07, 6.45) is -1.54. The van der Waals surface area contributed by atoms with Crippen LogP contribution in [0.1, 0.15) is 94.6 Å². The Morgan fingerprint density at radius 1 is 0.611 bits per heavy atom. The second kappa shape index (κ2) is 25.8. The van der Waals surface area contributed by atoms with Crippen molar-refractivity contribution in [2.75, 3.05) is 13.2 Å². The normalized spacial score (nSPS) is 19.7. The maximum atomic E-state index is 16.7. The van der Waals surface area contributed by atoms with Crippen molar-refractivity contribution >= 4 is 17.7 Å². The van der Waals surface area contributed by atoms with Crippen molar-refractivity contribution in [3.63, 3.8) is 0 Å². The summed E-state index contributed by atoms with van der Waals surface area (Å²) in [5.41, 5.74) is 3.78. The van der Waals surface area contributed by atoms with Crippen LogP contribution in [-0.2, 0) is 65.2 Å². The molecular weight excluding hydrogens is 914 g/mol. The SMILES string of the molecule is CC(C)(NC(=O)[C@H]([C@@H](F)CCCCCCO[C@@H]1O[C@H](COCc2ccccc2)[C@@H](OCc2ccccc2)[C@H](OCc2ccccc2)[C@H]1OCc1ccccc1)N1C(=O)c2ccccc2C1=O)c1ccccn1. The predicted molar refractivity (Wildman–Crippen MR) is 270 cm³/mol. The molecule has 0 unspecified atom stereocenters. The zero-order chi connectivity index (χ0) is 50.1. The van der Waals surface area contributed by atoms with Crippen molar-refractivity contribution in [1.29, 1.82) is 0 Å². The molecule has 6 aromatic rings. The number of ether oxygens (including phenoxy) is 6. The highest BCUT2D eigenvalue weighted by Gasteiger charge is 2.50. The Balaban J connectivity index is 0.950. The monoisotopic (exact) mass is 977 g/mol. The molecule has 0 spiro atoms. The molecule has 1 aromatic heterocycles. The van der Waals surface area contributed by atoms with Gasteiger partial charge in [-0.3, -0.25) is 24.3 Å². The molecule has 12 nitrogen and oxygen atoms in total. The average Bonchev–Trinajstić information content (AvgIpc) is 3.65. The molecule has 3 amide bonds. The summed E-state index contributed by atoms with van der Waals surface area (Å²) in [7, 11) is 0. The fourth-order valence-corrected chi connectivity index (χ4v) is 9.12. The smallest absolute Gasteiger partial charge is 0.262 e. The maximum Gasteiger partial charge on any atom is 0.262 e. The fourth-order valence-electron chi connectivity index (χ4n) is 9.12. The van der Waals surface area contributed by atoms with Crippen molar-refractivity contribution in [3.05, 3.63) is 209 Å². The number of nitrogens with zero attached hydrogens (tertiary/aromatic N) is 2. The average molecular weight is 978 g/mol. The second-order valence-corrected chi connectivity index (χ2v) is 18.7. The van der Waals surface area contributed by atoms with Crippen LogP contribution in [0.15, 0.2) is 170 Å². The van der Waals surface area contributed by atoms with Gasteiger partial charge in [0.15, 0.2) is 6.29 Å². The van der Waals surface area contributed by atoms with Crippen molar-refractivity contribution in [3.8, 4) is 0 Å². The third-order valence-electron chi connectivity index (χ3n) is 13.0. The van der Waals surface area contributed by atoms with E-state index >= 15 is 4.39 Å². The molecule has 1 N–H and O–H groups in total. The molecule has 2 aliphatic rings. The summed E-state index contributed by atoms with van der Waals surface area (Å²) >= 11 is 0. The maximum absolute atomic E-state index is 16.7. The first-order chi connectivity index (χ1) is 35.2. The van der Waals surface area contributed by atoms with E-state index in [-0.39, 0.29) is 37.4 Å². The number of carbonyl (C=O) groups is 3. The van der Waals surface area contributed by atoms with Gasteiger partial charge in [-0.05, 0) is 73.2 Å². The first kappa shape index (κ1) is 51.9. The van der Waals surface area contributed by atoms with Gasteiger partial charge in [0.05, 0.1) is 55.4 Å². The van der Waals surface area contributed by atoms with Crippen LogP contribution in [0.4, 0.5) is 4.39 Å². The molecule has 0 saturated carbocycles. The van der Waals surface area contributed by atoms with Crippen molar-refractivity contribution in [2.24, 2.45) is 0 Å². The third-order valence-corrected chi connectivity index (χ3v) is 13.0. The van der Waals surface area contributed by atoms with Gasteiger partial charge in [0.25, 0.3) is 11.8 Å². The fraction of sp³-hybridized carbons (Fsp3) is 0.356. The molecule has 0 bridgehead atoms. The largest absolute Gasteiger partial charge is 0.374 e. The van der Waals surface area contributed by atoms with Gasteiger partial charge in [0.1, 0.15) is 36.6 Å². The summed E-state index contributed by atoms with van der Waals surface area (Å²) in [6, 6.07) is 49.7. The molecular formula is C59H64FN3O9. The minimum atomic E-state index is -1.84. The van der Waals surface area contributed by atoms with Gasteiger partial charge in [0, 0.05) is 12.8 Å². The van der Waals surface area contributed by atoms with Crippen LogP contribution in [0.25, 0.3) is 0 Å². The van der Waals surface area contributed by atoms with Crippen LogP contribution in [0.3, 0.4) is 0 Å². The van der Waals surface area contributed by atoms with E-state index in [4.69, 9.17) is 28.4 Å². The van der Waals surface area contributed by atoms with Crippen LogP contribution >= 0.6 is 0 Å². The summed E-state index contributed by atoms with van der Waals surface area (Å²) in [5, 5.41) is 2.88. The highest BCUT2D eigenvalue weighted by molar-refractivity contribution is 6.23. The number of fused-ring (bicyclic) bond motifs is 1. The number of amides is 3. The van der Waals surface area contributed by atoms with Crippen molar-refractivity contribution in [2.45, 2.75) is 121 Å². The molecule has 376 valence electrons. The van der Waals surface area contributed by atoms with E-state index in [1.54, 1.807) is 50.4 Å². The molecule has 72 heavy (non-hydrogen) atoms. The lowest BCUT2D eigenvalue weighted by Gasteiger charge is -2.46. The second-order valence-electron chi connectivity index (χ2n) is 18.7. The van der Waals surface area contributed by atoms with Crippen LogP contribution in [-0.4, -0.2) is 83.7 Å². The molecule has 2 aliphatic heterocycles. The minimum absolute atomic E-state index is 0.0625. The van der Waals surface area contributed by atoms with E-state index in [2.05, 4.69) is 10.3 Å². The van der Waals surface area contributed by atoms with Crippen LogP contribution in [0.2, 0.25) is 0 Å². The van der Waals surface area contributed by atoms with Crippen LogP contribution in [0.5, 0.6) is 0 Å². The number of halogens is 1. The summed E-state index contributed by atoms with van der Waals surface area (Å²) in [5.74, 6) is -2.18. The zero-order valence-corrected chi connectivity index (χ0v) is 40.9. The molecule has 0 aliphatic carbocycles. The summed E-state index contributed by atoms with van der Waals surface area (Å²) in [4.78, 5) is 46.6. The van der Waals surface area contributed by atoms with Gasteiger partial charge in [-0.1, -0.05) is 159 Å². The van der Waals surface area contributed by atoms with E-state index in [1.165, 1.54) is 12.1 Å². The molecule has 8 rings (SSSR count). The number of carbonyl (C=O) groups excluding carboxylic acids is 3. The highest BCUT2D eigenvalue weighted by Crippen LogP contribution is 2.33. The quantitative estimate of drug-likeness (QED) is 0.0414. The Bertz CT molecular complexity index is 2580. The number of benzene rings is 5. The summed E-state index contributed by atoms with van der Waals surface area (Å²) in [6.45, 7) is 5.20. The van der Waals surface area contributed by atoms with Crippen molar-refractivity contribution in [1.82, 2.24) is 15.2 Å². The standard InChI is InChI=1S/C59H64FN3O9/c1-59(2,50-34-20-21-35-61-50)62-55(64)51(63-56(65)46-31-18-19-32-47(46)57(63)66)48(60)33-17-3-4-22-36-68-58-54(71-40-45-29-15-8-16-30-45)53(70-39-44-27-13-7-14-28-44)52(69-38-43-25-11-6-12-26-43)49(72-58)41-67-37-42-23-9-5-10-24-42/h5-16,18-21,23-32,34-35,48-49,51-54,58H,3-4,17,22,33,36-41H2,1-2H3,(H,62,64)/t48-,49+,51-,52+,53-,54+,58+/m0/s1. The lowest BCUT2D eigenvalue weighted by atomic mass is 9.97. The number of imide groups is 1. The van der Waals surface area contributed by atoms with Gasteiger partial charge in [0.2, 0.25) is 5.91 Å². The van der Waals surface area contributed by atoms with E-state index in [0.717, 1.165) is 27.2 Å². The number of pyridine rings is 1. The molecule has 1 saturated heterocycles. The van der Waals surface area contributed by atoms with Gasteiger partial charge in [-0.15, -0.1) is 0 Å². The lowest BCUT2D eigenvalue weighted by molar-refractivity contribution is -0.328. The predicted octanol–water partition coefficient (Wildman–Crippen LogP) is 10.1. The molecule has 1 fully saturated rings. The van der Waals surface area contributed by atoms with E-state index in [9.17, 15) is 14.4 Å². The lowest BCUT2D eigenvalue weighted by Crippen LogP contribution is -2.61. The number of aromatic nitrogens is 1. The zero-order valence-electron chi connectivity index (χ0n) is 40.9. The number of alkyl halides is 1. The van der Waals surface area contributed by atoms with E-state index in [0.29, 0.717) is 51.2 Å². The first-order valence-electron chi connectivity index (χ1n) is 24.9. The van der Waals surface area contributed by atoms with E-state index in [1.807, 2.05) is 121 Å². The number of unbranched alkanes of at least 4 members (excludes halogenated alkanes) is 3. The van der Waals surface area contributed by atoms with Crippen molar-refractivity contribution < 1.29 is 47.2 Å². The Hall–Kier alpha value is -6.45. The van der Waals surface area contributed by atoms with Gasteiger partial charge >= 0.3 is 0 Å². The van der Waals surface area contributed by atoms with Gasteiger partial charge < -0.3 is 33.7 Å². The number of nitrogens with one attached hydrogen (secondary N) is 1. The van der Waals surface area contributed by atoms with Crippen LogP contribution < -0.4 is 5.32 Å². The Kier molecular flexibility index (Phi) is 18.6. The van der Waals surface area contributed by atoms with E-state index < -0.39 is 66.2 Å².